The van der Waals surface area contributed by atoms with E-state index in [1.165, 1.54) is 4.90 Å². The zero-order chi connectivity index (χ0) is 14.9. The Morgan fingerprint density at radius 2 is 1.75 bits per heavy atom. The molecule has 2 rings (SSSR count). The van der Waals surface area contributed by atoms with Crippen molar-refractivity contribution in [2.24, 2.45) is 0 Å². The first-order chi connectivity index (χ1) is 9.37. The summed E-state index contributed by atoms with van der Waals surface area (Å²) in [5, 5.41) is 9.30. The van der Waals surface area contributed by atoms with Gasteiger partial charge in [-0.05, 0) is 31.9 Å². The van der Waals surface area contributed by atoms with Crippen molar-refractivity contribution in [3.63, 3.8) is 0 Å². The van der Waals surface area contributed by atoms with E-state index < -0.39 is 11.5 Å². The predicted molar refractivity (Wildman–Crippen MR) is 75.2 cm³/mol. The van der Waals surface area contributed by atoms with Crippen molar-refractivity contribution in [1.82, 2.24) is 9.80 Å². The molecule has 0 unspecified atom stereocenters. The van der Waals surface area contributed by atoms with Crippen LogP contribution in [0.1, 0.15) is 31.9 Å². The number of carboxylic acids is 1. The molecule has 5 nitrogen and oxygen atoms in total. The normalized spacial score (nSPS) is 14.1. The molecule has 20 heavy (non-hydrogen) atoms. The topological polar surface area (TPSA) is 60.9 Å². The second-order valence-electron chi connectivity index (χ2n) is 5.52. The van der Waals surface area contributed by atoms with Crippen molar-refractivity contribution in [2.45, 2.75) is 39.4 Å². The summed E-state index contributed by atoms with van der Waals surface area (Å²) in [6.07, 6.45) is 0. The van der Waals surface area contributed by atoms with E-state index in [9.17, 15) is 14.7 Å². The average molecular weight is 276 g/mol. The number of carbonyl (C=O) groups excluding carboxylic acids is 1. The van der Waals surface area contributed by atoms with Crippen molar-refractivity contribution >= 4 is 12.0 Å². The van der Waals surface area contributed by atoms with Crippen LogP contribution in [-0.4, -0.2) is 39.0 Å². The van der Waals surface area contributed by atoms with Gasteiger partial charge in [0.25, 0.3) is 0 Å². The van der Waals surface area contributed by atoms with Gasteiger partial charge in [0.05, 0.1) is 0 Å². The lowest BCUT2D eigenvalue weighted by Crippen LogP contribution is -2.56. The van der Waals surface area contributed by atoms with E-state index in [1.54, 1.807) is 25.7 Å². The number of benzene rings is 1. The lowest BCUT2D eigenvalue weighted by atomic mass is 10.0. The van der Waals surface area contributed by atoms with Gasteiger partial charge in [0.2, 0.25) is 0 Å². The molecule has 0 fully saturated rings. The number of urea groups is 1. The molecule has 5 heteroatoms. The molecule has 2 amide bonds. The Balaban J connectivity index is 2.18. The monoisotopic (exact) mass is 276 g/mol. The van der Waals surface area contributed by atoms with Gasteiger partial charge < -0.3 is 14.9 Å². The summed E-state index contributed by atoms with van der Waals surface area (Å²) >= 11 is 0. The van der Waals surface area contributed by atoms with Crippen LogP contribution in [0.2, 0.25) is 0 Å². The van der Waals surface area contributed by atoms with E-state index in [0.29, 0.717) is 19.6 Å². The minimum atomic E-state index is -1.21. The molecule has 1 N–H and O–H groups in total. The summed E-state index contributed by atoms with van der Waals surface area (Å²) in [7, 11) is 0. The summed E-state index contributed by atoms with van der Waals surface area (Å²) in [5.41, 5.74) is 1.05. The van der Waals surface area contributed by atoms with E-state index >= 15 is 0 Å². The van der Waals surface area contributed by atoms with Gasteiger partial charge in [-0.25, -0.2) is 9.59 Å². The number of fused-ring (bicyclic) bond motifs is 1. The van der Waals surface area contributed by atoms with E-state index in [-0.39, 0.29) is 6.03 Å². The standard InChI is InChI=1S/C15H20N2O3/c1-4-17(15(2,3)13(18)19)14(20)16-9-11-7-5-6-8-12(11)10-16/h5-8H,4,9-10H2,1-3H3,(H,18,19). The fourth-order valence-corrected chi connectivity index (χ4v) is 2.52. The largest absolute Gasteiger partial charge is 0.480 e. The van der Waals surface area contributed by atoms with Gasteiger partial charge in [-0.15, -0.1) is 0 Å². The summed E-state index contributed by atoms with van der Waals surface area (Å²) in [5.74, 6) is -0.996. The van der Waals surface area contributed by atoms with Crippen LogP contribution in [0.3, 0.4) is 0 Å². The number of nitrogens with zero attached hydrogens (tertiary/aromatic N) is 2. The molecule has 1 aliphatic rings. The number of aliphatic carboxylic acids is 1. The number of hydrogen-bond acceptors (Lipinski definition) is 2. The zero-order valence-corrected chi connectivity index (χ0v) is 12.1. The van der Waals surface area contributed by atoms with Crippen molar-refractivity contribution in [1.29, 1.82) is 0 Å². The Morgan fingerprint density at radius 1 is 1.25 bits per heavy atom. The van der Waals surface area contributed by atoms with Gasteiger partial charge in [-0.3, -0.25) is 0 Å². The van der Waals surface area contributed by atoms with Crippen LogP contribution in [0.4, 0.5) is 4.79 Å². The molecule has 0 radical (unpaired) electrons. The average Bonchev–Trinajstić information content (AvgIpc) is 2.82. The maximum atomic E-state index is 12.6. The number of likely N-dealkylation sites (N-methyl/N-ethyl adjacent to an activating group) is 1. The van der Waals surface area contributed by atoms with E-state index in [2.05, 4.69) is 0 Å². The Bertz CT molecular complexity index is 515. The Labute approximate surface area is 118 Å². The smallest absolute Gasteiger partial charge is 0.329 e. The van der Waals surface area contributed by atoms with Crippen LogP contribution in [0.15, 0.2) is 24.3 Å². The Morgan fingerprint density at radius 3 is 2.15 bits per heavy atom. The van der Waals surface area contributed by atoms with Crippen LogP contribution >= 0.6 is 0 Å². The molecule has 1 aliphatic heterocycles. The first-order valence-corrected chi connectivity index (χ1v) is 6.74. The third kappa shape index (κ3) is 2.35. The SMILES string of the molecule is CCN(C(=O)N1Cc2ccccc2C1)C(C)(C)C(=O)O. The van der Waals surface area contributed by atoms with E-state index in [0.717, 1.165) is 11.1 Å². The molecule has 1 aromatic rings. The lowest BCUT2D eigenvalue weighted by Gasteiger charge is -2.36. The molecule has 0 saturated heterocycles. The number of carbonyl (C=O) groups is 2. The highest BCUT2D eigenvalue weighted by molar-refractivity contribution is 5.85. The summed E-state index contributed by atoms with van der Waals surface area (Å²) < 4.78 is 0. The molecule has 0 aromatic heterocycles. The first-order valence-electron chi connectivity index (χ1n) is 6.74. The van der Waals surface area contributed by atoms with Crippen molar-refractivity contribution in [2.75, 3.05) is 6.54 Å². The number of amides is 2. The highest BCUT2D eigenvalue weighted by atomic mass is 16.4. The highest BCUT2D eigenvalue weighted by Crippen LogP contribution is 2.25. The quantitative estimate of drug-likeness (QED) is 0.921. The lowest BCUT2D eigenvalue weighted by molar-refractivity contribution is -0.147. The minimum absolute atomic E-state index is 0.226. The summed E-state index contributed by atoms with van der Waals surface area (Å²) in [4.78, 5) is 27.0. The summed E-state index contributed by atoms with van der Waals surface area (Å²) in [6.45, 7) is 6.36. The zero-order valence-electron chi connectivity index (χ0n) is 12.1. The van der Waals surface area contributed by atoms with Crippen LogP contribution in [0, 0.1) is 0 Å². The maximum absolute atomic E-state index is 12.6. The van der Waals surface area contributed by atoms with Gasteiger partial charge in [0, 0.05) is 19.6 Å². The number of hydrogen-bond donors (Lipinski definition) is 1. The number of carboxylic acid groups (broad SMARTS) is 1. The molecule has 108 valence electrons. The third-order valence-corrected chi connectivity index (χ3v) is 3.86. The van der Waals surface area contributed by atoms with Gasteiger partial charge in [0.1, 0.15) is 5.54 Å². The highest BCUT2D eigenvalue weighted by Gasteiger charge is 2.39. The molecule has 0 bridgehead atoms. The van der Waals surface area contributed by atoms with Gasteiger partial charge >= 0.3 is 12.0 Å². The van der Waals surface area contributed by atoms with Gasteiger partial charge in [0.15, 0.2) is 0 Å². The predicted octanol–water partition coefficient (Wildman–Crippen LogP) is 2.31. The maximum Gasteiger partial charge on any atom is 0.329 e. The molecule has 1 heterocycles. The summed E-state index contributed by atoms with van der Waals surface area (Å²) in [6, 6.07) is 7.68. The van der Waals surface area contributed by atoms with Crippen LogP contribution in [0.5, 0.6) is 0 Å². The molecular formula is C15H20N2O3. The van der Waals surface area contributed by atoms with Crippen molar-refractivity contribution in [3.05, 3.63) is 35.4 Å². The Hall–Kier alpha value is -2.04. The molecule has 0 spiro atoms. The molecule has 0 saturated carbocycles. The molecule has 0 atom stereocenters. The van der Waals surface area contributed by atoms with Crippen LogP contribution < -0.4 is 0 Å². The third-order valence-electron chi connectivity index (χ3n) is 3.86. The molecular weight excluding hydrogens is 256 g/mol. The van der Waals surface area contributed by atoms with Gasteiger partial charge in [-0.2, -0.15) is 0 Å². The van der Waals surface area contributed by atoms with Crippen LogP contribution in [-0.2, 0) is 17.9 Å². The van der Waals surface area contributed by atoms with Crippen LogP contribution in [0.25, 0.3) is 0 Å². The molecule has 1 aromatic carbocycles. The van der Waals surface area contributed by atoms with Crippen molar-refractivity contribution < 1.29 is 14.7 Å². The Kier molecular flexibility index (Phi) is 3.70. The van der Waals surface area contributed by atoms with Gasteiger partial charge in [-0.1, -0.05) is 24.3 Å². The molecule has 0 aliphatic carbocycles. The van der Waals surface area contributed by atoms with E-state index in [1.807, 2.05) is 24.3 Å². The second-order valence-corrected chi connectivity index (χ2v) is 5.52. The fraction of sp³-hybridized carbons (Fsp3) is 0.467. The fourth-order valence-electron chi connectivity index (χ4n) is 2.52. The van der Waals surface area contributed by atoms with Crippen molar-refractivity contribution in [3.8, 4) is 0 Å². The first kappa shape index (κ1) is 14.4. The minimum Gasteiger partial charge on any atom is -0.480 e. The van der Waals surface area contributed by atoms with E-state index in [4.69, 9.17) is 0 Å². The number of rotatable bonds is 3. The second kappa shape index (κ2) is 5.15.